The summed E-state index contributed by atoms with van der Waals surface area (Å²) < 4.78 is 25.5. The Bertz CT molecular complexity index is 1380. The van der Waals surface area contributed by atoms with Crippen LogP contribution < -0.4 is 16.1 Å². The Labute approximate surface area is 167 Å². The summed E-state index contributed by atoms with van der Waals surface area (Å²) in [7, 11) is 0. The molecule has 4 aromatic rings. The van der Waals surface area contributed by atoms with E-state index >= 15 is 0 Å². The molecule has 0 aliphatic carbocycles. The molecular formula is C21H13FN2O6. The molecule has 0 aliphatic rings. The quantitative estimate of drug-likeness (QED) is 0.540. The number of aliphatic carboxylic acids is 1. The van der Waals surface area contributed by atoms with Gasteiger partial charge in [-0.3, -0.25) is 9.59 Å². The number of carboxylic acids is 1. The molecule has 150 valence electrons. The van der Waals surface area contributed by atoms with Crippen LogP contribution in [0.1, 0.15) is 0 Å². The Morgan fingerprint density at radius 2 is 1.87 bits per heavy atom. The fraction of sp³-hybridized carbons (Fsp3) is 0.0476. The van der Waals surface area contributed by atoms with E-state index in [0.717, 1.165) is 0 Å². The van der Waals surface area contributed by atoms with E-state index in [4.69, 9.17) is 14.3 Å². The highest BCUT2D eigenvalue weighted by molar-refractivity contribution is 5.78. The second-order valence-corrected chi connectivity index (χ2v) is 6.28. The molecular weight excluding hydrogens is 395 g/mol. The van der Waals surface area contributed by atoms with Gasteiger partial charge >= 0.3 is 11.7 Å². The Kier molecular flexibility index (Phi) is 4.85. The van der Waals surface area contributed by atoms with E-state index in [1.165, 1.54) is 24.4 Å². The van der Waals surface area contributed by atoms with E-state index in [1.807, 2.05) is 6.07 Å². The van der Waals surface area contributed by atoms with E-state index in [2.05, 4.69) is 4.98 Å². The summed E-state index contributed by atoms with van der Waals surface area (Å²) in [6.07, 6.45) is 1.31. The average Bonchev–Trinajstić information content (AvgIpc) is 2.73. The van der Waals surface area contributed by atoms with Crippen molar-refractivity contribution < 1.29 is 23.4 Å². The summed E-state index contributed by atoms with van der Waals surface area (Å²) in [5, 5.41) is 8.82. The van der Waals surface area contributed by atoms with Crippen molar-refractivity contribution in [2.24, 2.45) is 0 Å². The standard InChI is InChI=1S/C21H13FN2O6/c22-15-8-12(6-7-16(15)29-14-4-2-1-3-5-14)13-9-17-19(23-10-13)20(27)24(11-18(25)26)21(28)30-17/h1-10H,11H2,(H,25,26). The van der Waals surface area contributed by atoms with Crippen LogP contribution in [0.15, 0.2) is 74.8 Å². The fourth-order valence-corrected chi connectivity index (χ4v) is 2.85. The van der Waals surface area contributed by atoms with Gasteiger partial charge in [-0.05, 0) is 35.9 Å². The van der Waals surface area contributed by atoms with Crippen LogP contribution in [0.4, 0.5) is 4.39 Å². The number of hydrogen-bond donors (Lipinski definition) is 1. The number of carbonyl (C=O) groups is 1. The first-order chi connectivity index (χ1) is 14.4. The number of ether oxygens (including phenoxy) is 1. The van der Waals surface area contributed by atoms with Gasteiger partial charge in [0.1, 0.15) is 12.3 Å². The topological polar surface area (TPSA) is 112 Å². The van der Waals surface area contributed by atoms with Gasteiger partial charge in [0, 0.05) is 11.8 Å². The van der Waals surface area contributed by atoms with Crippen molar-refractivity contribution in [1.29, 1.82) is 0 Å². The van der Waals surface area contributed by atoms with Crippen molar-refractivity contribution in [3.05, 3.63) is 87.5 Å². The molecule has 2 heterocycles. The third-order valence-corrected chi connectivity index (χ3v) is 4.25. The number of rotatable bonds is 5. The summed E-state index contributed by atoms with van der Waals surface area (Å²) in [5.41, 5.74) is -0.405. The van der Waals surface area contributed by atoms with Crippen LogP contribution in [0.25, 0.3) is 22.2 Å². The molecule has 2 aromatic heterocycles. The summed E-state index contributed by atoms with van der Waals surface area (Å²) in [6, 6.07) is 14.4. The number of halogens is 1. The van der Waals surface area contributed by atoms with Gasteiger partial charge < -0.3 is 14.3 Å². The minimum atomic E-state index is -1.37. The Hall–Kier alpha value is -4.27. The van der Waals surface area contributed by atoms with E-state index < -0.39 is 29.6 Å². The smallest absolute Gasteiger partial charge is 0.422 e. The van der Waals surface area contributed by atoms with Crippen molar-refractivity contribution in [1.82, 2.24) is 9.55 Å². The zero-order valence-electron chi connectivity index (χ0n) is 15.2. The van der Waals surface area contributed by atoms with Crippen LogP contribution in [0.5, 0.6) is 11.5 Å². The maximum atomic E-state index is 14.5. The lowest BCUT2D eigenvalue weighted by Gasteiger charge is -2.09. The summed E-state index contributed by atoms with van der Waals surface area (Å²) in [5.74, 6) is -2.59. The van der Waals surface area contributed by atoms with Crippen LogP contribution in [0, 0.1) is 5.82 Å². The van der Waals surface area contributed by atoms with Crippen LogP contribution in [-0.2, 0) is 11.3 Å². The molecule has 0 saturated heterocycles. The zero-order chi connectivity index (χ0) is 21.3. The molecule has 0 radical (unpaired) electrons. The monoisotopic (exact) mass is 408 g/mol. The lowest BCUT2D eigenvalue weighted by molar-refractivity contribution is -0.137. The zero-order valence-corrected chi connectivity index (χ0v) is 15.2. The van der Waals surface area contributed by atoms with Crippen molar-refractivity contribution in [3.63, 3.8) is 0 Å². The molecule has 0 amide bonds. The third-order valence-electron chi connectivity index (χ3n) is 4.25. The first kappa shape index (κ1) is 19.1. The molecule has 2 aromatic carbocycles. The molecule has 8 nitrogen and oxygen atoms in total. The van der Waals surface area contributed by atoms with E-state index in [0.29, 0.717) is 21.4 Å². The van der Waals surface area contributed by atoms with Crippen LogP contribution >= 0.6 is 0 Å². The van der Waals surface area contributed by atoms with Gasteiger partial charge in [0.15, 0.2) is 22.7 Å². The van der Waals surface area contributed by atoms with Crippen molar-refractivity contribution in [2.75, 3.05) is 0 Å². The first-order valence-electron chi connectivity index (χ1n) is 8.71. The molecule has 9 heteroatoms. The van der Waals surface area contributed by atoms with Gasteiger partial charge in [-0.1, -0.05) is 24.3 Å². The minimum absolute atomic E-state index is 0.0294. The molecule has 0 bridgehead atoms. The summed E-state index contributed by atoms with van der Waals surface area (Å²) in [6.45, 7) is -0.839. The third kappa shape index (κ3) is 3.68. The number of para-hydroxylation sites is 1. The van der Waals surface area contributed by atoms with E-state index in [-0.39, 0.29) is 16.8 Å². The van der Waals surface area contributed by atoms with Crippen LogP contribution in [-0.4, -0.2) is 20.6 Å². The van der Waals surface area contributed by atoms with Gasteiger partial charge in [-0.15, -0.1) is 0 Å². The molecule has 0 fully saturated rings. The summed E-state index contributed by atoms with van der Waals surface area (Å²) >= 11 is 0. The minimum Gasteiger partial charge on any atom is -0.480 e. The number of carboxylic acid groups (broad SMARTS) is 1. The molecule has 1 N–H and O–H groups in total. The molecule has 0 atom stereocenters. The first-order valence-corrected chi connectivity index (χ1v) is 8.71. The Morgan fingerprint density at radius 1 is 1.10 bits per heavy atom. The number of aromatic nitrogens is 2. The van der Waals surface area contributed by atoms with E-state index in [1.54, 1.807) is 30.3 Å². The number of fused-ring (bicyclic) bond motifs is 1. The van der Waals surface area contributed by atoms with E-state index in [9.17, 15) is 18.8 Å². The molecule has 0 unspecified atom stereocenters. The molecule has 30 heavy (non-hydrogen) atoms. The second-order valence-electron chi connectivity index (χ2n) is 6.28. The van der Waals surface area contributed by atoms with Gasteiger partial charge in [-0.2, -0.15) is 0 Å². The normalized spacial score (nSPS) is 10.8. The summed E-state index contributed by atoms with van der Waals surface area (Å²) in [4.78, 5) is 39.0. The molecule has 0 spiro atoms. The molecule has 0 aliphatic heterocycles. The Morgan fingerprint density at radius 3 is 2.57 bits per heavy atom. The second kappa shape index (κ2) is 7.63. The van der Waals surface area contributed by atoms with Crippen molar-refractivity contribution >= 4 is 17.1 Å². The van der Waals surface area contributed by atoms with Gasteiger partial charge in [0.05, 0.1) is 0 Å². The SMILES string of the molecule is O=C(O)Cn1c(=O)oc2cc(-c3ccc(Oc4ccccc4)c(F)c3)cnc2c1=O. The fourth-order valence-electron chi connectivity index (χ4n) is 2.85. The predicted molar refractivity (Wildman–Crippen MR) is 104 cm³/mol. The largest absolute Gasteiger partial charge is 0.480 e. The van der Waals surface area contributed by atoms with Gasteiger partial charge in [0.2, 0.25) is 0 Å². The maximum Gasteiger partial charge on any atom is 0.422 e. The lowest BCUT2D eigenvalue weighted by atomic mass is 10.1. The average molecular weight is 408 g/mol. The van der Waals surface area contributed by atoms with Gasteiger partial charge in [0.25, 0.3) is 5.56 Å². The Balaban J connectivity index is 1.71. The highest BCUT2D eigenvalue weighted by Gasteiger charge is 2.15. The van der Waals surface area contributed by atoms with Crippen molar-refractivity contribution in [2.45, 2.75) is 6.54 Å². The number of pyridine rings is 1. The molecule has 0 saturated carbocycles. The number of hydrogen-bond acceptors (Lipinski definition) is 6. The van der Waals surface area contributed by atoms with Gasteiger partial charge in [-0.25, -0.2) is 18.7 Å². The highest BCUT2D eigenvalue weighted by atomic mass is 19.1. The predicted octanol–water partition coefficient (Wildman–Crippen LogP) is 3.03. The number of nitrogens with zero attached hydrogens (tertiary/aromatic N) is 2. The lowest BCUT2D eigenvalue weighted by Crippen LogP contribution is -2.35. The highest BCUT2D eigenvalue weighted by Crippen LogP contribution is 2.29. The molecule has 4 rings (SSSR count). The maximum absolute atomic E-state index is 14.5. The van der Waals surface area contributed by atoms with Crippen LogP contribution in [0.2, 0.25) is 0 Å². The number of benzene rings is 2. The van der Waals surface area contributed by atoms with Crippen LogP contribution in [0.3, 0.4) is 0 Å². The van der Waals surface area contributed by atoms with Crippen molar-refractivity contribution in [3.8, 4) is 22.6 Å².